The van der Waals surface area contributed by atoms with E-state index in [-0.39, 0.29) is 10.9 Å². The molecule has 7 nitrogen and oxygen atoms in total. The number of carbonyl (C=O) groups excluding carboxylic acids is 1. The molecule has 1 fully saturated rings. The summed E-state index contributed by atoms with van der Waals surface area (Å²) in [6, 6.07) is 11.4. The Bertz CT molecular complexity index is 879. The standard InChI is InChI=1S/C16H17N3O4S/c1-23-13-5-2-11(3-6-13)14-10-12(19-9-8-18-16(19)20)4-7-15(14)24(17,21)22/h2-7,10H,8-9H2,1H3,(H,18,20)(H2,17,21,22). The summed E-state index contributed by atoms with van der Waals surface area (Å²) in [6.07, 6.45) is 0. The van der Waals surface area contributed by atoms with E-state index in [0.29, 0.717) is 35.7 Å². The van der Waals surface area contributed by atoms with Gasteiger partial charge in [0.25, 0.3) is 0 Å². The number of ether oxygens (including phenoxy) is 1. The fourth-order valence-electron chi connectivity index (χ4n) is 2.65. The molecule has 0 aliphatic carbocycles. The average Bonchev–Trinajstić information content (AvgIpc) is 2.99. The van der Waals surface area contributed by atoms with E-state index in [0.717, 1.165) is 0 Å². The maximum absolute atomic E-state index is 11.9. The van der Waals surface area contributed by atoms with Crippen molar-refractivity contribution in [1.29, 1.82) is 0 Å². The number of sulfonamides is 1. The van der Waals surface area contributed by atoms with Gasteiger partial charge in [-0.25, -0.2) is 18.4 Å². The number of anilines is 1. The van der Waals surface area contributed by atoms with Gasteiger partial charge in [-0.2, -0.15) is 0 Å². The zero-order valence-corrected chi connectivity index (χ0v) is 13.8. The molecule has 0 atom stereocenters. The Balaban J connectivity index is 2.13. The number of nitrogens with one attached hydrogen (secondary N) is 1. The van der Waals surface area contributed by atoms with Gasteiger partial charge >= 0.3 is 6.03 Å². The second-order valence-corrected chi connectivity index (χ2v) is 6.87. The van der Waals surface area contributed by atoms with Crippen LogP contribution >= 0.6 is 0 Å². The van der Waals surface area contributed by atoms with E-state index in [2.05, 4.69) is 5.32 Å². The lowest BCUT2D eigenvalue weighted by atomic mass is 10.0. The number of nitrogens with zero attached hydrogens (tertiary/aromatic N) is 1. The molecule has 24 heavy (non-hydrogen) atoms. The molecule has 2 amide bonds. The number of urea groups is 1. The molecule has 0 spiro atoms. The van der Waals surface area contributed by atoms with Gasteiger partial charge in [0.05, 0.1) is 12.0 Å². The van der Waals surface area contributed by atoms with Crippen LogP contribution in [0, 0.1) is 0 Å². The van der Waals surface area contributed by atoms with E-state index < -0.39 is 10.0 Å². The van der Waals surface area contributed by atoms with Crippen LogP contribution in [0.2, 0.25) is 0 Å². The van der Waals surface area contributed by atoms with Gasteiger partial charge in [0.1, 0.15) is 5.75 Å². The molecule has 1 heterocycles. The normalized spacial score (nSPS) is 14.6. The highest BCUT2D eigenvalue weighted by Gasteiger charge is 2.23. The van der Waals surface area contributed by atoms with Gasteiger partial charge < -0.3 is 10.1 Å². The minimum atomic E-state index is -3.90. The number of nitrogens with two attached hydrogens (primary N) is 1. The van der Waals surface area contributed by atoms with Gasteiger partial charge in [-0.3, -0.25) is 4.90 Å². The minimum Gasteiger partial charge on any atom is -0.497 e. The van der Waals surface area contributed by atoms with Crippen molar-refractivity contribution in [3.05, 3.63) is 42.5 Å². The van der Waals surface area contributed by atoms with Gasteiger partial charge in [-0.05, 0) is 35.9 Å². The van der Waals surface area contributed by atoms with Crippen molar-refractivity contribution in [2.75, 3.05) is 25.1 Å². The van der Waals surface area contributed by atoms with Gasteiger partial charge in [0, 0.05) is 24.3 Å². The topological polar surface area (TPSA) is 102 Å². The van der Waals surface area contributed by atoms with Crippen LogP contribution in [0.15, 0.2) is 47.4 Å². The molecule has 0 aromatic heterocycles. The van der Waals surface area contributed by atoms with Crippen molar-refractivity contribution < 1.29 is 17.9 Å². The van der Waals surface area contributed by atoms with Gasteiger partial charge in [0.2, 0.25) is 10.0 Å². The minimum absolute atomic E-state index is 0.0102. The molecule has 0 bridgehead atoms. The first-order valence-corrected chi connectivity index (χ1v) is 8.81. The van der Waals surface area contributed by atoms with E-state index in [4.69, 9.17) is 9.88 Å². The third-order valence-electron chi connectivity index (χ3n) is 3.84. The van der Waals surface area contributed by atoms with Crippen molar-refractivity contribution >= 4 is 21.7 Å². The third-order valence-corrected chi connectivity index (χ3v) is 4.81. The molecule has 1 aliphatic heterocycles. The quantitative estimate of drug-likeness (QED) is 0.876. The van der Waals surface area contributed by atoms with Gasteiger partial charge in [-0.1, -0.05) is 12.1 Å². The highest BCUT2D eigenvalue weighted by atomic mass is 32.2. The highest BCUT2D eigenvalue weighted by Crippen LogP contribution is 2.32. The predicted octanol–water partition coefficient (Wildman–Crippen LogP) is 1.54. The zero-order chi connectivity index (χ0) is 17.3. The molecular weight excluding hydrogens is 330 g/mol. The van der Waals surface area contributed by atoms with Crippen LogP contribution in [0.5, 0.6) is 5.75 Å². The molecule has 1 saturated heterocycles. The van der Waals surface area contributed by atoms with Crippen LogP contribution in [0.25, 0.3) is 11.1 Å². The van der Waals surface area contributed by atoms with Crippen LogP contribution in [0.1, 0.15) is 0 Å². The van der Waals surface area contributed by atoms with Crippen LogP contribution in [0.3, 0.4) is 0 Å². The Hall–Kier alpha value is -2.58. The second kappa shape index (κ2) is 6.14. The van der Waals surface area contributed by atoms with Crippen LogP contribution in [-0.4, -0.2) is 34.6 Å². The molecule has 2 aromatic rings. The fourth-order valence-corrected chi connectivity index (χ4v) is 3.39. The first-order valence-electron chi connectivity index (χ1n) is 7.27. The first kappa shape index (κ1) is 16.3. The third kappa shape index (κ3) is 3.06. The van der Waals surface area contributed by atoms with E-state index in [1.807, 2.05) is 0 Å². The van der Waals surface area contributed by atoms with Gasteiger partial charge in [-0.15, -0.1) is 0 Å². The number of carbonyl (C=O) groups is 1. The van der Waals surface area contributed by atoms with Crippen molar-refractivity contribution in [3.63, 3.8) is 0 Å². The summed E-state index contributed by atoms with van der Waals surface area (Å²) in [4.78, 5) is 13.4. The van der Waals surface area contributed by atoms with Crippen molar-refractivity contribution in [1.82, 2.24) is 5.32 Å². The highest BCUT2D eigenvalue weighted by molar-refractivity contribution is 7.89. The second-order valence-electron chi connectivity index (χ2n) is 5.34. The van der Waals surface area contributed by atoms with Crippen molar-refractivity contribution in [2.24, 2.45) is 5.14 Å². The number of benzene rings is 2. The summed E-state index contributed by atoms with van der Waals surface area (Å²) in [7, 11) is -2.35. The van der Waals surface area contributed by atoms with E-state index >= 15 is 0 Å². The lowest BCUT2D eigenvalue weighted by molar-refractivity contribution is 0.252. The van der Waals surface area contributed by atoms with E-state index in [1.54, 1.807) is 48.4 Å². The summed E-state index contributed by atoms with van der Waals surface area (Å²) in [5.74, 6) is 0.658. The van der Waals surface area contributed by atoms with E-state index in [1.165, 1.54) is 6.07 Å². The molecule has 0 unspecified atom stereocenters. The molecule has 0 saturated carbocycles. The van der Waals surface area contributed by atoms with Gasteiger partial charge in [0.15, 0.2) is 0 Å². The van der Waals surface area contributed by atoms with E-state index in [9.17, 15) is 13.2 Å². The average molecular weight is 347 g/mol. The van der Waals surface area contributed by atoms with Crippen molar-refractivity contribution in [2.45, 2.75) is 4.90 Å². The summed E-state index contributed by atoms with van der Waals surface area (Å²) >= 11 is 0. The summed E-state index contributed by atoms with van der Waals surface area (Å²) in [5.41, 5.74) is 1.72. The summed E-state index contributed by atoms with van der Waals surface area (Å²) in [5, 5.41) is 8.05. The first-order chi connectivity index (χ1) is 11.4. The maximum Gasteiger partial charge on any atom is 0.321 e. The van der Waals surface area contributed by atoms with Crippen LogP contribution in [-0.2, 0) is 10.0 Å². The predicted molar refractivity (Wildman–Crippen MR) is 90.5 cm³/mol. The number of hydrogen-bond donors (Lipinski definition) is 2. The Morgan fingerprint density at radius 1 is 1.17 bits per heavy atom. The smallest absolute Gasteiger partial charge is 0.321 e. The SMILES string of the molecule is COc1ccc(-c2cc(N3CCNC3=O)ccc2S(N)(=O)=O)cc1. The summed E-state index contributed by atoms with van der Waals surface area (Å²) < 4.78 is 28.9. The Labute approximate surface area is 140 Å². The Morgan fingerprint density at radius 2 is 1.88 bits per heavy atom. The molecular formula is C16H17N3O4S. The number of hydrogen-bond acceptors (Lipinski definition) is 4. The lowest BCUT2D eigenvalue weighted by Gasteiger charge is -2.17. The molecule has 3 N–H and O–H groups in total. The zero-order valence-electron chi connectivity index (χ0n) is 13.0. The number of rotatable bonds is 4. The number of amides is 2. The molecule has 3 rings (SSSR count). The lowest BCUT2D eigenvalue weighted by Crippen LogP contribution is -2.27. The molecule has 1 aliphatic rings. The summed E-state index contributed by atoms with van der Waals surface area (Å²) in [6.45, 7) is 1.07. The fraction of sp³-hybridized carbons (Fsp3) is 0.188. The largest absolute Gasteiger partial charge is 0.497 e. The Morgan fingerprint density at radius 3 is 2.42 bits per heavy atom. The van der Waals surface area contributed by atoms with Crippen LogP contribution < -0.4 is 20.1 Å². The van der Waals surface area contributed by atoms with Crippen LogP contribution in [0.4, 0.5) is 10.5 Å². The molecule has 8 heteroatoms. The molecule has 2 aromatic carbocycles. The monoisotopic (exact) mass is 347 g/mol. The number of primary sulfonamides is 1. The maximum atomic E-state index is 11.9. The molecule has 126 valence electrons. The molecule has 0 radical (unpaired) electrons. The van der Waals surface area contributed by atoms with Crippen molar-refractivity contribution in [3.8, 4) is 16.9 Å². The number of methoxy groups -OCH3 is 1. The Kier molecular flexibility index (Phi) is 4.16.